The molecule has 2 aromatic rings. The molecule has 0 aliphatic carbocycles. The molecule has 1 aromatic carbocycles. The van der Waals surface area contributed by atoms with Crippen LogP contribution in [0.5, 0.6) is 0 Å². The Balaban J connectivity index is 2.19. The van der Waals surface area contributed by atoms with Gasteiger partial charge in [0.1, 0.15) is 0 Å². The molecule has 18 heavy (non-hydrogen) atoms. The summed E-state index contributed by atoms with van der Waals surface area (Å²) in [4.78, 5) is 4.75. The van der Waals surface area contributed by atoms with Crippen LogP contribution in [0.1, 0.15) is 27.2 Å². The number of benzene rings is 1. The summed E-state index contributed by atoms with van der Waals surface area (Å²) in [5.41, 5.74) is 4.91. The first-order valence-corrected chi connectivity index (χ1v) is 7.59. The van der Waals surface area contributed by atoms with E-state index >= 15 is 0 Å². The number of alkyl halides is 1. The van der Waals surface area contributed by atoms with E-state index in [1.165, 1.54) is 16.7 Å². The first kappa shape index (κ1) is 13.8. The normalized spacial score (nSPS) is 12.4. The third kappa shape index (κ3) is 3.21. The second-order valence-electron chi connectivity index (χ2n) is 4.45. The number of hydrogen-bond donors (Lipinski definition) is 0. The lowest BCUT2D eigenvalue weighted by molar-refractivity contribution is 0.894. The van der Waals surface area contributed by atoms with E-state index in [1.54, 1.807) is 0 Å². The maximum absolute atomic E-state index is 4.45. The van der Waals surface area contributed by atoms with Gasteiger partial charge in [0.15, 0.2) is 0 Å². The molecule has 1 heterocycles. The first-order chi connectivity index (χ1) is 8.58. The van der Waals surface area contributed by atoms with Crippen molar-refractivity contribution < 1.29 is 0 Å². The molecule has 0 saturated carbocycles. The molecule has 1 atom stereocenters. The zero-order valence-corrected chi connectivity index (χ0v) is 13.6. The van der Waals surface area contributed by atoms with Gasteiger partial charge in [-0.05, 0) is 42.7 Å². The highest BCUT2D eigenvalue weighted by Gasteiger charge is 2.13. The Morgan fingerprint density at radius 3 is 2.61 bits per heavy atom. The molecule has 0 spiro atoms. The molecular formula is C15H15Br2N. The first-order valence-electron chi connectivity index (χ1n) is 5.88. The van der Waals surface area contributed by atoms with Crippen molar-refractivity contribution in [3.63, 3.8) is 0 Å². The fraction of sp³-hybridized carbons (Fsp3) is 0.267. The smallest absolute Gasteiger partial charge is 0.0453 e. The Bertz CT molecular complexity index is 535. The van der Waals surface area contributed by atoms with Gasteiger partial charge in [-0.15, -0.1) is 0 Å². The molecule has 1 nitrogen and oxygen atoms in total. The lowest BCUT2D eigenvalue weighted by Gasteiger charge is -2.14. The van der Waals surface area contributed by atoms with Gasteiger partial charge in [0, 0.05) is 27.6 Å². The minimum Gasteiger partial charge on any atom is -0.261 e. The number of rotatable bonds is 3. The van der Waals surface area contributed by atoms with Crippen LogP contribution in [-0.2, 0) is 6.42 Å². The lowest BCUT2D eigenvalue weighted by atomic mass is 10.0. The van der Waals surface area contributed by atoms with E-state index < -0.39 is 0 Å². The van der Waals surface area contributed by atoms with Crippen molar-refractivity contribution in [1.29, 1.82) is 0 Å². The van der Waals surface area contributed by atoms with Crippen LogP contribution in [0, 0.1) is 13.8 Å². The van der Waals surface area contributed by atoms with Crippen molar-refractivity contribution >= 4 is 31.9 Å². The molecule has 0 N–H and O–H groups in total. The van der Waals surface area contributed by atoms with Crippen molar-refractivity contribution in [3.05, 3.63) is 63.4 Å². The van der Waals surface area contributed by atoms with Gasteiger partial charge in [-0.2, -0.15) is 0 Å². The molecule has 0 aliphatic rings. The average molecular weight is 369 g/mol. The van der Waals surface area contributed by atoms with Crippen LogP contribution in [0.4, 0.5) is 0 Å². The summed E-state index contributed by atoms with van der Waals surface area (Å²) in [5, 5.41) is 0. The van der Waals surface area contributed by atoms with Gasteiger partial charge < -0.3 is 0 Å². The van der Waals surface area contributed by atoms with Gasteiger partial charge >= 0.3 is 0 Å². The van der Waals surface area contributed by atoms with E-state index in [2.05, 4.69) is 81.0 Å². The molecule has 3 heteroatoms. The summed E-state index contributed by atoms with van der Waals surface area (Å²) >= 11 is 7.34. The maximum Gasteiger partial charge on any atom is 0.0453 e. The van der Waals surface area contributed by atoms with Crippen molar-refractivity contribution in [2.24, 2.45) is 0 Å². The van der Waals surface area contributed by atoms with Gasteiger partial charge in [-0.1, -0.05) is 50.1 Å². The second-order valence-corrected chi connectivity index (χ2v) is 6.41. The number of aromatic nitrogens is 1. The van der Waals surface area contributed by atoms with Crippen LogP contribution in [0.25, 0.3) is 0 Å². The van der Waals surface area contributed by atoms with Crippen LogP contribution in [0.3, 0.4) is 0 Å². The molecule has 0 bridgehead atoms. The van der Waals surface area contributed by atoms with E-state index in [1.807, 2.05) is 6.20 Å². The molecule has 2 rings (SSSR count). The highest BCUT2D eigenvalue weighted by atomic mass is 79.9. The van der Waals surface area contributed by atoms with E-state index in [0.717, 1.165) is 16.6 Å². The third-order valence-electron chi connectivity index (χ3n) is 3.01. The summed E-state index contributed by atoms with van der Waals surface area (Å²) in [6.45, 7) is 4.19. The van der Waals surface area contributed by atoms with Crippen molar-refractivity contribution in [2.75, 3.05) is 0 Å². The summed E-state index contributed by atoms with van der Waals surface area (Å²) in [7, 11) is 0. The Kier molecular flexibility index (Phi) is 4.57. The predicted molar refractivity (Wildman–Crippen MR) is 83.2 cm³/mol. The number of halogens is 2. The summed E-state index contributed by atoms with van der Waals surface area (Å²) < 4.78 is 1.15. The predicted octanol–water partition coefficient (Wildman–Crippen LogP) is 5.14. The molecule has 94 valence electrons. The van der Waals surface area contributed by atoms with E-state index in [9.17, 15) is 0 Å². The fourth-order valence-corrected chi connectivity index (χ4v) is 3.09. The number of nitrogens with zero attached hydrogens (tertiary/aromatic N) is 1. The SMILES string of the molecule is Cc1ccc(CC(Br)c2cccc(Br)c2C)nc1. The summed E-state index contributed by atoms with van der Waals surface area (Å²) in [6, 6.07) is 10.5. The van der Waals surface area contributed by atoms with E-state index in [0.29, 0.717) is 4.83 Å². The highest BCUT2D eigenvalue weighted by Crippen LogP contribution is 2.32. The third-order valence-corrected chi connectivity index (χ3v) is 4.68. The molecule has 0 amide bonds. The molecule has 0 fully saturated rings. The van der Waals surface area contributed by atoms with Crippen LogP contribution in [0.15, 0.2) is 41.0 Å². The molecule has 1 aromatic heterocycles. The maximum atomic E-state index is 4.45. The zero-order chi connectivity index (χ0) is 13.1. The van der Waals surface area contributed by atoms with Gasteiger partial charge in [0.25, 0.3) is 0 Å². The average Bonchev–Trinajstić information content (AvgIpc) is 2.35. The zero-order valence-electron chi connectivity index (χ0n) is 10.5. The fourth-order valence-electron chi connectivity index (χ4n) is 1.88. The minimum absolute atomic E-state index is 0.296. The van der Waals surface area contributed by atoms with E-state index in [-0.39, 0.29) is 0 Å². The molecule has 0 saturated heterocycles. The summed E-state index contributed by atoms with van der Waals surface area (Å²) in [6.07, 6.45) is 2.82. The van der Waals surface area contributed by atoms with Crippen molar-refractivity contribution in [2.45, 2.75) is 25.1 Å². The molecule has 0 aliphatic heterocycles. The van der Waals surface area contributed by atoms with Crippen LogP contribution in [-0.4, -0.2) is 4.98 Å². The lowest BCUT2D eigenvalue weighted by Crippen LogP contribution is -2.00. The Morgan fingerprint density at radius 1 is 1.17 bits per heavy atom. The summed E-state index contributed by atoms with van der Waals surface area (Å²) in [5.74, 6) is 0. The second kappa shape index (κ2) is 5.98. The Hall–Kier alpha value is -0.670. The van der Waals surface area contributed by atoms with Crippen LogP contribution in [0.2, 0.25) is 0 Å². The van der Waals surface area contributed by atoms with Gasteiger partial charge in [0.2, 0.25) is 0 Å². The minimum atomic E-state index is 0.296. The Morgan fingerprint density at radius 2 is 1.94 bits per heavy atom. The van der Waals surface area contributed by atoms with Gasteiger partial charge in [-0.25, -0.2) is 0 Å². The van der Waals surface area contributed by atoms with Gasteiger partial charge in [0.05, 0.1) is 0 Å². The standard InChI is InChI=1S/C15H15Br2N/c1-10-6-7-12(18-9-10)8-15(17)13-4-3-5-14(16)11(13)2/h3-7,9,15H,8H2,1-2H3. The van der Waals surface area contributed by atoms with Crippen LogP contribution < -0.4 is 0 Å². The largest absolute Gasteiger partial charge is 0.261 e. The molecule has 0 radical (unpaired) electrons. The Labute approximate surface area is 125 Å². The number of pyridine rings is 1. The van der Waals surface area contributed by atoms with Crippen molar-refractivity contribution in [1.82, 2.24) is 4.98 Å². The number of hydrogen-bond acceptors (Lipinski definition) is 1. The molecule has 1 unspecified atom stereocenters. The topological polar surface area (TPSA) is 12.9 Å². The van der Waals surface area contributed by atoms with Crippen molar-refractivity contribution in [3.8, 4) is 0 Å². The quantitative estimate of drug-likeness (QED) is 0.683. The van der Waals surface area contributed by atoms with Crippen LogP contribution >= 0.6 is 31.9 Å². The van der Waals surface area contributed by atoms with E-state index in [4.69, 9.17) is 0 Å². The highest BCUT2D eigenvalue weighted by molar-refractivity contribution is 9.10. The number of aryl methyl sites for hydroxylation is 1. The molecular weight excluding hydrogens is 354 g/mol. The monoisotopic (exact) mass is 367 g/mol. The van der Waals surface area contributed by atoms with Gasteiger partial charge in [-0.3, -0.25) is 4.98 Å².